The number of likely N-dealkylation sites (tertiary alicyclic amines) is 1. The van der Waals surface area contributed by atoms with Crippen molar-refractivity contribution in [3.63, 3.8) is 0 Å². The van der Waals surface area contributed by atoms with Crippen LogP contribution >= 0.6 is 0 Å². The molecule has 0 aliphatic carbocycles. The Morgan fingerprint density at radius 2 is 1.64 bits per heavy atom. The van der Waals surface area contributed by atoms with Gasteiger partial charge in [0.05, 0.1) is 17.9 Å². The zero-order valence-corrected chi connectivity index (χ0v) is 27.9. The van der Waals surface area contributed by atoms with Crippen LogP contribution in [0.25, 0.3) is 0 Å². The van der Waals surface area contributed by atoms with Crippen molar-refractivity contribution in [2.24, 2.45) is 11.8 Å². The molecule has 9 nitrogen and oxygen atoms in total. The molecule has 2 unspecified atom stereocenters. The molecule has 3 fully saturated rings. The third kappa shape index (κ3) is 6.61. The van der Waals surface area contributed by atoms with Crippen LogP contribution in [0.4, 0.5) is 11.4 Å². The highest BCUT2D eigenvalue weighted by atomic mass is 16.5. The number of nitrogens with zero attached hydrogens (tertiary/aromatic N) is 4. The van der Waals surface area contributed by atoms with E-state index in [4.69, 9.17) is 4.74 Å². The highest BCUT2D eigenvalue weighted by Gasteiger charge is 2.74. The molecule has 3 aliphatic heterocycles. The standard InChI is InChI=1S/C38H50N4O5/c1-5-23-40(27-28-15-11-9-12-16-28)35(44)32-31-21-22-38(47-31)33(32)36(45)42(25-13-10-14-26-43)34(38)37(46)41(24-6-2)30-19-17-29(18-20-30)39(7-3)8-4/h5-6,9,11-12,15-20,31-34,43H,1-2,7-8,10,13-14,21-27H2,3-4H3/t31-,32+,33-,34?,38?/m0/s1. The summed E-state index contributed by atoms with van der Waals surface area (Å²) in [4.78, 5) is 51.1. The lowest BCUT2D eigenvalue weighted by Crippen LogP contribution is -2.56. The molecule has 3 saturated heterocycles. The van der Waals surface area contributed by atoms with Gasteiger partial charge in [-0.05, 0) is 75.8 Å². The number of hydrogen-bond acceptors (Lipinski definition) is 6. The molecule has 9 heteroatoms. The normalized spacial score (nSPS) is 24.2. The van der Waals surface area contributed by atoms with E-state index in [0.29, 0.717) is 45.3 Å². The van der Waals surface area contributed by atoms with Gasteiger partial charge in [0, 0.05) is 57.3 Å². The van der Waals surface area contributed by atoms with Crippen LogP contribution in [0.1, 0.15) is 51.5 Å². The molecule has 252 valence electrons. The number of ether oxygens (including phenoxy) is 1. The summed E-state index contributed by atoms with van der Waals surface area (Å²) in [5.74, 6) is -1.99. The maximum Gasteiger partial charge on any atom is 0.253 e. The van der Waals surface area contributed by atoms with Gasteiger partial charge >= 0.3 is 0 Å². The number of amides is 3. The van der Waals surface area contributed by atoms with Crippen LogP contribution < -0.4 is 9.80 Å². The van der Waals surface area contributed by atoms with E-state index in [0.717, 1.165) is 36.4 Å². The van der Waals surface area contributed by atoms with Crippen LogP contribution in [-0.4, -0.2) is 89.7 Å². The molecule has 1 N–H and O–H groups in total. The van der Waals surface area contributed by atoms with Gasteiger partial charge in [0.15, 0.2) is 0 Å². The van der Waals surface area contributed by atoms with Crippen LogP contribution in [0.2, 0.25) is 0 Å². The van der Waals surface area contributed by atoms with E-state index in [9.17, 15) is 19.5 Å². The molecule has 2 aromatic carbocycles. The number of carbonyl (C=O) groups excluding carboxylic acids is 3. The van der Waals surface area contributed by atoms with Gasteiger partial charge in [-0.15, -0.1) is 13.2 Å². The average Bonchev–Trinajstić information content (AvgIpc) is 3.73. The number of fused-ring (bicyclic) bond motifs is 1. The van der Waals surface area contributed by atoms with Crippen LogP contribution in [-0.2, 0) is 25.7 Å². The Hall–Kier alpha value is -3.95. The van der Waals surface area contributed by atoms with Gasteiger partial charge in [0.2, 0.25) is 11.8 Å². The number of benzene rings is 2. The van der Waals surface area contributed by atoms with Crippen LogP contribution in [0, 0.1) is 11.8 Å². The van der Waals surface area contributed by atoms with Gasteiger partial charge in [-0.3, -0.25) is 14.4 Å². The third-order valence-corrected chi connectivity index (χ3v) is 10.1. The molecule has 5 rings (SSSR count). The Bertz CT molecular complexity index is 1410. The summed E-state index contributed by atoms with van der Waals surface area (Å²) < 4.78 is 6.75. The van der Waals surface area contributed by atoms with Crippen LogP contribution in [0.3, 0.4) is 0 Å². The molecule has 0 radical (unpaired) electrons. The first-order chi connectivity index (χ1) is 22.8. The first kappa shape index (κ1) is 34.4. The summed E-state index contributed by atoms with van der Waals surface area (Å²) in [5, 5.41) is 9.38. The average molecular weight is 643 g/mol. The van der Waals surface area contributed by atoms with Crippen molar-refractivity contribution in [2.75, 3.05) is 49.1 Å². The molecular formula is C38H50N4O5. The summed E-state index contributed by atoms with van der Waals surface area (Å²) in [6, 6.07) is 16.8. The van der Waals surface area contributed by atoms with E-state index in [1.807, 2.05) is 54.6 Å². The Morgan fingerprint density at radius 3 is 2.28 bits per heavy atom. The fraction of sp³-hybridized carbons (Fsp3) is 0.500. The molecule has 2 aromatic rings. The van der Waals surface area contributed by atoms with Gasteiger partial charge in [-0.1, -0.05) is 42.5 Å². The Balaban J connectivity index is 1.49. The molecule has 47 heavy (non-hydrogen) atoms. The predicted octanol–water partition coefficient (Wildman–Crippen LogP) is 4.80. The van der Waals surface area contributed by atoms with E-state index >= 15 is 0 Å². The summed E-state index contributed by atoms with van der Waals surface area (Å²) in [6.07, 6.45) is 6.08. The number of rotatable bonds is 17. The van der Waals surface area contributed by atoms with Gasteiger partial charge in [0.1, 0.15) is 11.6 Å². The molecule has 1 spiro atoms. The summed E-state index contributed by atoms with van der Waals surface area (Å²) in [6.45, 7) is 15.2. The number of hydrogen-bond donors (Lipinski definition) is 1. The summed E-state index contributed by atoms with van der Waals surface area (Å²) in [5.41, 5.74) is 1.69. The van der Waals surface area contributed by atoms with Crippen molar-refractivity contribution in [3.8, 4) is 0 Å². The summed E-state index contributed by atoms with van der Waals surface area (Å²) >= 11 is 0. The van der Waals surface area contributed by atoms with Crippen molar-refractivity contribution in [2.45, 2.75) is 70.2 Å². The van der Waals surface area contributed by atoms with Crippen molar-refractivity contribution in [1.29, 1.82) is 0 Å². The largest absolute Gasteiger partial charge is 0.396 e. The van der Waals surface area contributed by atoms with Crippen LogP contribution in [0.15, 0.2) is 79.9 Å². The minimum absolute atomic E-state index is 0.0708. The van der Waals surface area contributed by atoms with Gasteiger partial charge < -0.3 is 29.4 Å². The molecule has 5 atom stereocenters. The topological polar surface area (TPSA) is 93.6 Å². The number of aliphatic hydroxyl groups excluding tert-OH is 1. The molecular weight excluding hydrogens is 592 g/mol. The smallest absolute Gasteiger partial charge is 0.253 e. The van der Waals surface area contributed by atoms with E-state index < -0.39 is 29.6 Å². The number of aliphatic hydroxyl groups is 1. The number of anilines is 2. The second-order valence-electron chi connectivity index (χ2n) is 12.8. The predicted molar refractivity (Wildman–Crippen MR) is 185 cm³/mol. The highest BCUT2D eigenvalue weighted by Crippen LogP contribution is 2.59. The van der Waals surface area contributed by atoms with Crippen molar-refractivity contribution < 1.29 is 24.2 Å². The van der Waals surface area contributed by atoms with Gasteiger partial charge in [-0.25, -0.2) is 0 Å². The van der Waals surface area contributed by atoms with E-state index in [1.165, 1.54) is 0 Å². The Labute approximate surface area is 279 Å². The van der Waals surface area contributed by atoms with Crippen molar-refractivity contribution in [1.82, 2.24) is 9.80 Å². The zero-order valence-electron chi connectivity index (χ0n) is 27.9. The lowest BCUT2D eigenvalue weighted by Gasteiger charge is -2.37. The highest BCUT2D eigenvalue weighted by molar-refractivity contribution is 6.05. The minimum atomic E-state index is -1.09. The van der Waals surface area contributed by atoms with Crippen LogP contribution in [0.5, 0.6) is 0 Å². The Kier molecular flexibility index (Phi) is 11.2. The molecule has 3 aliphatic rings. The minimum Gasteiger partial charge on any atom is -0.396 e. The van der Waals surface area contributed by atoms with Gasteiger partial charge in [-0.2, -0.15) is 0 Å². The number of unbranched alkanes of at least 4 members (excludes halogenated alkanes) is 2. The first-order valence-electron chi connectivity index (χ1n) is 17.1. The molecule has 3 amide bonds. The lowest BCUT2D eigenvalue weighted by atomic mass is 9.70. The molecule has 3 heterocycles. The quantitative estimate of drug-likeness (QED) is 0.197. The van der Waals surface area contributed by atoms with Crippen molar-refractivity contribution in [3.05, 3.63) is 85.5 Å². The molecule has 0 saturated carbocycles. The first-order valence-corrected chi connectivity index (χ1v) is 17.1. The van der Waals surface area contributed by atoms with Gasteiger partial charge in [0.25, 0.3) is 5.91 Å². The molecule has 0 aromatic heterocycles. The molecule has 2 bridgehead atoms. The monoisotopic (exact) mass is 642 g/mol. The summed E-state index contributed by atoms with van der Waals surface area (Å²) in [7, 11) is 0. The van der Waals surface area contributed by atoms with E-state index in [-0.39, 0.29) is 30.9 Å². The maximum atomic E-state index is 14.8. The second-order valence-corrected chi connectivity index (χ2v) is 12.8. The number of carbonyl (C=O) groups is 3. The second kappa shape index (κ2) is 15.3. The lowest BCUT2D eigenvalue weighted by molar-refractivity contribution is -0.145. The maximum absolute atomic E-state index is 14.8. The fourth-order valence-electron chi connectivity index (χ4n) is 7.96. The van der Waals surface area contributed by atoms with E-state index in [1.54, 1.807) is 26.9 Å². The zero-order chi connectivity index (χ0) is 33.6. The van der Waals surface area contributed by atoms with E-state index in [2.05, 4.69) is 31.9 Å². The Morgan fingerprint density at radius 1 is 0.957 bits per heavy atom. The SMILES string of the molecule is C=CCN(Cc1ccccc1)C(=O)[C@@H]1[C@@H]2CCC3(O2)C(C(=O)N(CC=C)c2ccc(N(CC)CC)cc2)N(CCCCCO)C(=O)[C@H]13. The fourth-order valence-corrected chi connectivity index (χ4v) is 7.96. The van der Waals surface area contributed by atoms with Crippen molar-refractivity contribution >= 4 is 29.1 Å². The third-order valence-electron chi connectivity index (χ3n) is 10.1.